The number of nitrogens with one attached hydrogen (secondary N) is 1. The molecule has 2 heterocycles. The van der Waals surface area contributed by atoms with Gasteiger partial charge in [0.2, 0.25) is 0 Å². The summed E-state index contributed by atoms with van der Waals surface area (Å²) in [7, 11) is 0. The van der Waals surface area contributed by atoms with Gasteiger partial charge in [-0.2, -0.15) is 4.98 Å². The summed E-state index contributed by atoms with van der Waals surface area (Å²) in [6, 6.07) is 6.21. The first-order valence-corrected chi connectivity index (χ1v) is 8.06. The van der Waals surface area contributed by atoms with Crippen LogP contribution in [0, 0.1) is 11.7 Å². The number of nitrogens with zero attached hydrogens (tertiary/aromatic N) is 2. The molecule has 4 nitrogen and oxygen atoms in total. The Morgan fingerprint density at radius 3 is 2.59 bits per heavy atom. The zero-order valence-corrected chi connectivity index (χ0v) is 12.5. The predicted octanol–water partition coefficient (Wildman–Crippen LogP) is 3.30. The van der Waals surface area contributed by atoms with Gasteiger partial charge in [0, 0.05) is 11.0 Å². The van der Waals surface area contributed by atoms with Gasteiger partial charge in [0.05, 0.1) is 0 Å². The van der Waals surface area contributed by atoms with Gasteiger partial charge in [0.15, 0.2) is 5.82 Å². The fourth-order valence-corrected chi connectivity index (χ4v) is 3.45. The highest BCUT2D eigenvalue weighted by atomic mass is 19.1. The molecule has 1 aromatic carbocycles. The maximum atomic E-state index is 13.0. The van der Waals surface area contributed by atoms with E-state index in [1.54, 1.807) is 12.1 Å². The van der Waals surface area contributed by atoms with Crippen molar-refractivity contribution in [2.45, 2.75) is 37.5 Å². The minimum Gasteiger partial charge on any atom is -0.334 e. The monoisotopic (exact) mass is 301 g/mol. The molecule has 0 amide bonds. The van der Waals surface area contributed by atoms with E-state index in [1.165, 1.54) is 25.0 Å². The molecular formula is C17H20FN3O. The van der Waals surface area contributed by atoms with Gasteiger partial charge in [-0.25, -0.2) is 4.39 Å². The summed E-state index contributed by atoms with van der Waals surface area (Å²) in [5.74, 6) is 1.89. The van der Waals surface area contributed by atoms with Crippen LogP contribution in [0.5, 0.6) is 0 Å². The zero-order chi connectivity index (χ0) is 15.0. The second-order valence-electron chi connectivity index (χ2n) is 6.61. The fraction of sp³-hybridized carbons (Fsp3) is 0.529. The van der Waals surface area contributed by atoms with Crippen molar-refractivity contribution in [3.63, 3.8) is 0 Å². The van der Waals surface area contributed by atoms with Gasteiger partial charge < -0.3 is 9.84 Å². The molecule has 1 saturated heterocycles. The Labute approximate surface area is 129 Å². The number of hydrogen-bond acceptors (Lipinski definition) is 4. The van der Waals surface area contributed by atoms with Crippen molar-refractivity contribution in [2.75, 3.05) is 13.1 Å². The van der Waals surface area contributed by atoms with Gasteiger partial charge in [-0.3, -0.25) is 0 Å². The van der Waals surface area contributed by atoms with Crippen molar-refractivity contribution in [1.82, 2.24) is 15.5 Å². The Hall–Kier alpha value is -1.75. The van der Waals surface area contributed by atoms with E-state index in [1.807, 2.05) is 0 Å². The SMILES string of the molecule is Fc1ccc(-c2nc(C3(CC4CC4)CCNCC3)no2)cc1. The molecule has 1 aliphatic heterocycles. The first-order chi connectivity index (χ1) is 10.8. The molecule has 2 aliphatic rings. The molecule has 2 fully saturated rings. The second-order valence-corrected chi connectivity index (χ2v) is 6.61. The molecule has 4 rings (SSSR count). The van der Waals surface area contributed by atoms with Crippen LogP contribution < -0.4 is 5.32 Å². The van der Waals surface area contributed by atoms with Gasteiger partial charge in [-0.15, -0.1) is 0 Å². The van der Waals surface area contributed by atoms with Crippen LogP contribution in [-0.2, 0) is 5.41 Å². The average molecular weight is 301 g/mol. The van der Waals surface area contributed by atoms with Gasteiger partial charge >= 0.3 is 0 Å². The summed E-state index contributed by atoms with van der Waals surface area (Å²) in [6.45, 7) is 2.01. The van der Waals surface area contributed by atoms with Crippen molar-refractivity contribution in [3.8, 4) is 11.5 Å². The molecule has 1 N–H and O–H groups in total. The van der Waals surface area contributed by atoms with Crippen LogP contribution in [-0.4, -0.2) is 23.2 Å². The number of aromatic nitrogens is 2. The summed E-state index contributed by atoms with van der Waals surface area (Å²) in [5.41, 5.74) is 0.824. The number of hydrogen-bond donors (Lipinski definition) is 1. The lowest BCUT2D eigenvalue weighted by Gasteiger charge is -2.35. The lowest BCUT2D eigenvalue weighted by Crippen LogP contribution is -2.41. The van der Waals surface area contributed by atoms with Crippen LogP contribution in [0.1, 0.15) is 37.9 Å². The fourth-order valence-electron chi connectivity index (χ4n) is 3.45. The van der Waals surface area contributed by atoms with Crippen LogP contribution in [0.4, 0.5) is 4.39 Å². The van der Waals surface area contributed by atoms with Crippen LogP contribution in [0.2, 0.25) is 0 Å². The number of rotatable bonds is 4. The largest absolute Gasteiger partial charge is 0.334 e. The molecule has 1 aliphatic carbocycles. The van der Waals surface area contributed by atoms with E-state index in [0.29, 0.717) is 5.89 Å². The number of piperidine rings is 1. The summed E-state index contributed by atoms with van der Waals surface area (Å²) in [4.78, 5) is 4.66. The maximum absolute atomic E-state index is 13.0. The minimum atomic E-state index is -0.257. The topological polar surface area (TPSA) is 51.0 Å². The molecule has 1 aromatic heterocycles. The molecule has 22 heavy (non-hydrogen) atoms. The molecule has 0 bridgehead atoms. The summed E-state index contributed by atoms with van der Waals surface area (Å²) >= 11 is 0. The zero-order valence-electron chi connectivity index (χ0n) is 12.5. The Kier molecular flexibility index (Phi) is 3.45. The molecule has 0 spiro atoms. The third-order valence-corrected chi connectivity index (χ3v) is 4.93. The van der Waals surface area contributed by atoms with Crippen molar-refractivity contribution in [2.24, 2.45) is 5.92 Å². The van der Waals surface area contributed by atoms with E-state index >= 15 is 0 Å². The third-order valence-electron chi connectivity index (χ3n) is 4.93. The van der Waals surface area contributed by atoms with Gasteiger partial charge in [-0.1, -0.05) is 18.0 Å². The quantitative estimate of drug-likeness (QED) is 0.941. The first-order valence-electron chi connectivity index (χ1n) is 8.06. The average Bonchev–Trinajstić information content (AvgIpc) is 3.20. The van der Waals surface area contributed by atoms with Crippen LogP contribution in [0.15, 0.2) is 28.8 Å². The maximum Gasteiger partial charge on any atom is 0.257 e. The van der Waals surface area contributed by atoms with Gasteiger partial charge in [-0.05, 0) is 62.5 Å². The number of halogens is 1. The van der Waals surface area contributed by atoms with Crippen molar-refractivity contribution >= 4 is 0 Å². The molecule has 2 aromatic rings. The second kappa shape index (κ2) is 5.47. The molecule has 116 valence electrons. The molecule has 0 unspecified atom stereocenters. The Balaban J connectivity index is 1.64. The molecule has 0 atom stereocenters. The summed E-state index contributed by atoms with van der Waals surface area (Å²) in [5, 5.41) is 7.70. The van der Waals surface area contributed by atoms with E-state index in [-0.39, 0.29) is 11.2 Å². The standard InChI is InChI=1S/C17H20FN3O/c18-14-5-3-13(4-6-14)15-20-16(21-22-15)17(11-12-1-2-12)7-9-19-10-8-17/h3-6,12,19H,1-2,7-11H2. The van der Waals surface area contributed by atoms with E-state index in [4.69, 9.17) is 4.52 Å². The van der Waals surface area contributed by atoms with Crippen LogP contribution in [0.3, 0.4) is 0 Å². The highest BCUT2D eigenvalue weighted by Crippen LogP contribution is 2.45. The van der Waals surface area contributed by atoms with E-state index in [2.05, 4.69) is 15.5 Å². The summed E-state index contributed by atoms with van der Waals surface area (Å²) in [6.07, 6.45) is 5.95. The smallest absolute Gasteiger partial charge is 0.257 e. The highest BCUT2D eigenvalue weighted by Gasteiger charge is 2.42. The van der Waals surface area contributed by atoms with E-state index in [9.17, 15) is 4.39 Å². The lowest BCUT2D eigenvalue weighted by molar-refractivity contribution is 0.251. The highest BCUT2D eigenvalue weighted by molar-refractivity contribution is 5.52. The first kappa shape index (κ1) is 13.9. The number of benzene rings is 1. The van der Waals surface area contributed by atoms with Crippen molar-refractivity contribution in [3.05, 3.63) is 35.9 Å². The van der Waals surface area contributed by atoms with Crippen molar-refractivity contribution in [1.29, 1.82) is 0 Å². The molecular weight excluding hydrogens is 281 g/mol. The molecule has 5 heteroatoms. The van der Waals surface area contributed by atoms with Crippen molar-refractivity contribution < 1.29 is 8.91 Å². The Morgan fingerprint density at radius 2 is 1.91 bits per heavy atom. The lowest BCUT2D eigenvalue weighted by atomic mass is 9.74. The minimum absolute atomic E-state index is 0.0498. The Morgan fingerprint density at radius 1 is 1.18 bits per heavy atom. The van der Waals surface area contributed by atoms with Crippen LogP contribution >= 0.6 is 0 Å². The molecule has 1 saturated carbocycles. The molecule has 0 radical (unpaired) electrons. The van der Waals surface area contributed by atoms with Gasteiger partial charge in [0.1, 0.15) is 5.82 Å². The van der Waals surface area contributed by atoms with E-state index in [0.717, 1.165) is 49.7 Å². The van der Waals surface area contributed by atoms with E-state index < -0.39 is 0 Å². The summed E-state index contributed by atoms with van der Waals surface area (Å²) < 4.78 is 18.5. The van der Waals surface area contributed by atoms with Crippen LogP contribution in [0.25, 0.3) is 11.5 Å². The Bertz CT molecular complexity index is 642. The normalized spacial score (nSPS) is 21.0. The third kappa shape index (κ3) is 2.65. The predicted molar refractivity (Wildman–Crippen MR) is 80.8 cm³/mol. The van der Waals surface area contributed by atoms with Gasteiger partial charge in [0.25, 0.3) is 5.89 Å².